The third kappa shape index (κ3) is 2.75. The molecule has 1 fully saturated rings. The van der Waals surface area contributed by atoms with Crippen molar-refractivity contribution >= 4 is 11.5 Å². The first-order chi connectivity index (χ1) is 10.7. The fraction of sp³-hybridized carbons (Fsp3) is 0.462. The lowest BCUT2D eigenvalue weighted by Crippen LogP contribution is -2.39. The SMILES string of the molecule is CCc1nc(C2CN(c3ncccc3[N+](=O)[O-])CCO2)n[nH]1. The summed E-state index contributed by atoms with van der Waals surface area (Å²) in [6.07, 6.45) is 1.98. The van der Waals surface area contributed by atoms with Crippen LogP contribution in [-0.4, -0.2) is 44.8 Å². The molecule has 3 heterocycles. The van der Waals surface area contributed by atoms with Gasteiger partial charge >= 0.3 is 5.69 Å². The van der Waals surface area contributed by atoms with Crippen LogP contribution in [0.3, 0.4) is 0 Å². The number of morpholine rings is 1. The van der Waals surface area contributed by atoms with Gasteiger partial charge < -0.3 is 9.64 Å². The van der Waals surface area contributed by atoms with Crippen molar-refractivity contribution in [3.05, 3.63) is 40.1 Å². The maximum Gasteiger partial charge on any atom is 0.311 e. The molecule has 1 atom stereocenters. The number of ether oxygens (including phenoxy) is 1. The van der Waals surface area contributed by atoms with Gasteiger partial charge in [-0.1, -0.05) is 6.92 Å². The highest BCUT2D eigenvalue weighted by Crippen LogP contribution is 2.29. The minimum Gasteiger partial charge on any atom is -0.366 e. The Morgan fingerprint density at radius 2 is 2.45 bits per heavy atom. The van der Waals surface area contributed by atoms with Crippen LogP contribution in [0, 0.1) is 10.1 Å². The largest absolute Gasteiger partial charge is 0.366 e. The van der Waals surface area contributed by atoms with Crippen LogP contribution in [0.25, 0.3) is 0 Å². The molecule has 0 spiro atoms. The average Bonchev–Trinajstić information content (AvgIpc) is 3.04. The van der Waals surface area contributed by atoms with Crippen molar-refractivity contribution in [2.75, 3.05) is 24.6 Å². The van der Waals surface area contributed by atoms with E-state index in [1.165, 1.54) is 6.07 Å². The summed E-state index contributed by atoms with van der Waals surface area (Å²) >= 11 is 0. The summed E-state index contributed by atoms with van der Waals surface area (Å²) in [5.74, 6) is 1.71. The van der Waals surface area contributed by atoms with Gasteiger partial charge in [-0.2, -0.15) is 5.10 Å². The molecule has 0 radical (unpaired) electrons. The summed E-state index contributed by atoms with van der Waals surface area (Å²) in [6, 6.07) is 3.01. The summed E-state index contributed by atoms with van der Waals surface area (Å²) in [6.45, 7) is 3.39. The number of hydrogen-bond donors (Lipinski definition) is 1. The standard InChI is InChI=1S/C13H16N6O3/c1-2-11-15-12(17-16-11)10-8-18(6-7-22-10)13-9(19(20)21)4-3-5-14-13/h3-5,10H,2,6-8H2,1H3,(H,15,16,17). The highest BCUT2D eigenvalue weighted by molar-refractivity contribution is 5.57. The second-order valence-electron chi connectivity index (χ2n) is 4.90. The highest BCUT2D eigenvalue weighted by atomic mass is 16.6. The molecule has 1 saturated heterocycles. The Bertz CT molecular complexity index is 673. The zero-order valence-corrected chi connectivity index (χ0v) is 12.1. The number of aromatic nitrogens is 4. The summed E-state index contributed by atoms with van der Waals surface area (Å²) in [4.78, 5) is 21.1. The van der Waals surface area contributed by atoms with Gasteiger partial charge in [-0.05, 0) is 6.07 Å². The molecule has 1 aliphatic rings. The monoisotopic (exact) mass is 304 g/mol. The normalized spacial score (nSPS) is 18.4. The predicted molar refractivity (Wildman–Crippen MR) is 77.6 cm³/mol. The maximum absolute atomic E-state index is 11.1. The minimum atomic E-state index is -0.422. The van der Waals surface area contributed by atoms with Crippen molar-refractivity contribution in [1.82, 2.24) is 20.2 Å². The quantitative estimate of drug-likeness (QED) is 0.668. The molecule has 116 valence electrons. The maximum atomic E-state index is 11.1. The number of rotatable bonds is 4. The van der Waals surface area contributed by atoms with Gasteiger partial charge in [-0.3, -0.25) is 15.2 Å². The molecule has 0 bridgehead atoms. The van der Waals surface area contributed by atoms with Crippen LogP contribution >= 0.6 is 0 Å². The fourth-order valence-electron chi connectivity index (χ4n) is 2.38. The van der Waals surface area contributed by atoms with Crippen LogP contribution in [-0.2, 0) is 11.2 Å². The lowest BCUT2D eigenvalue weighted by Gasteiger charge is -2.31. The average molecular weight is 304 g/mol. The van der Waals surface area contributed by atoms with E-state index in [9.17, 15) is 10.1 Å². The van der Waals surface area contributed by atoms with Gasteiger partial charge in [0.15, 0.2) is 5.82 Å². The molecule has 9 nitrogen and oxygen atoms in total. The Morgan fingerprint density at radius 3 is 3.18 bits per heavy atom. The summed E-state index contributed by atoms with van der Waals surface area (Å²) in [5, 5.41) is 18.1. The Hall–Kier alpha value is -2.55. The predicted octanol–water partition coefficient (Wildman–Crippen LogP) is 1.25. The van der Waals surface area contributed by atoms with Crippen molar-refractivity contribution in [1.29, 1.82) is 0 Å². The van der Waals surface area contributed by atoms with Crippen LogP contribution in [0.1, 0.15) is 24.7 Å². The number of aromatic amines is 1. The van der Waals surface area contributed by atoms with Gasteiger partial charge in [0.2, 0.25) is 5.82 Å². The molecule has 2 aromatic heterocycles. The summed E-state index contributed by atoms with van der Waals surface area (Å²) in [5.41, 5.74) is -0.00705. The van der Waals surface area contributed by atoms with Crippen molar-refractivity contribution in [3.63, 3.8) is 0 Å². The van der Waals surface area contributed by atoms with Gasteiger partial charge in [0.1, 0.15) is 11.9 Å². The van der Waals surface area contributed by atoms with E-state index in [-0.39, 0.29) is 11.8 Å². The van der Waals surface area contributed by atoms with Crippen LogP contribution in [0.2, 0.25) is 0 Å². The molecule has 1 unspecified atom stereocenters. The van der Waals surface area contributed by atoms with Gasteiger partial charge in [0.25, 0.3) is 0 Å². The van der Waals surface area contributed by atoms with Crippen LogP contribution in [0.4, 0.5) is 11.5 Å². The molecule has 2 aromatic rings. The number of pyridine rings is 1. The van der Waals surface area contributed by atoms with Crippen LogP contribution < -0.4 is 4.90 Å². The van der Waals surface area contributed by atoms with Crippen molar-refractivity contribution in [2.24, 2.45) is 0 Å². The van der Waals surface area contributed by atoms with Crippen molar-refractivity contribution < 1.29 is 9.66 Å². The Balaban J connectivity index is 1.83. The van der Waals surface area contributed by atoms with Crippen molar-refractivity contribution in [2.45, 2.75) is 19.4 Å². The number of hydrogen-bond acceptors (Lipinski definition) is 7. The number of nitro groups is 1. The molecule has 9 heteroatoms. The Morgan fingerprint density at radius 1 is 1.59 bits per heavy atom. The van der Waals surface area contributed by atoms with E-state index in [0.717, 1.165) is 12.2 Å². The number of nitrogens with zero attached hydrogens (tertiary/aromatic N) is 5. The lowest BCUT2D eigenvalue weighted by molar-refractivity contribution is -0.384. The smallest absolute Gasteiger partial charge is 0.311 e. The zero-order valence-electron chi connectivity index (χ0n) is 12.1. The number of nitrogens with one attached hydrogen (secondary N) is 1. The first-order valence-electron chi connectivity index (χ1n) is 7.06. The topological polar surface area (TPSA) is 110 Å². The molecule has 1 N–H and O–H groups in total. The second kappa shape index (κ2) is 6.06. The van der Waals surface area contributed by atoms with E-state index in [0.29, 0.717) is 31.3 Å². The van der Waals surface area contributed by atoms with Crippen molar-refractivity contribution in [3.8, 4) is 0 Å². The molecule has 3 rings (SSSR count). The van der Waals surface area contributed by atoms with E-state index in [1.807, 2.05) is 11.8 Å². The fourth-order valence-corrected chi connectivity index (χ4v) is 2.38. The lowest BCUT2D eigenvalue weighted by atomic mass is 10.2. The number of aryl methyl sites for hydroxylation is 1. The first kappa shape index (κ1) is 14.4. The van der Waals surface area contributed by atoms with Gasteiger partial charge in [0, 0.05) is 25.2 Å². The molecule has 0 saturated carbocycles. The minimum absolute atomic E-state index is 0.00705. The molecular weight excluding hydrogens is 288 g/mol. The Labute approximate surface area is 126 Å². The molecule has 0 aliphatic carbocycles. The molecular formula is C13H16N6O3. The second-order valence-corrected chi connectivity index (χ2v) is 4.90. The molecule has 0 aromatic carbocycles. The van der Waals surface area contributed by atoms with E-state index >= 15 is 0 Å². The van der Waals surface area contributed by atoms with Crippen LogP contribution in [0.5, 0.6) is 0 Å². The molecule has 0 amide bonds. The first-order valence-corrected chi connectivity index (χ1v) is 7.06. The number of H-pyrrole nitrogens is 1. The zero-order chi connectivity index (χ0) is 15.5. The van der Waals surface area contributed by atoms with E-state index < -0.39 is 4.92 Å². The summed E-state index contributed by atoms with van der Waals surface area (Å²) < 4.78 is 5.69. The number of anilines is 1. The third-order valence-corrected chi connectivity index (χ3v) is 3.50. The van der Waals surface area contributed by atoms with Gasteiger partial charge in [-0.25, -0.2) is 9.97 Å². The van der Waals surface area contributed by atoms with Gasteiger partial charge in [-0.15, -0.1) is 0 Å². The van der Waals surface area contributed by atoms with E-state index in [1.54, 1.807) is 12.3 Å². The van der Waals surface area contributed by atoms with Crippen LogP contribution in [0.15, 0.2) is 18.3 Å². The highest BCUT2D eigenvalue weighted by Gasteiger charge is 2.29. The Kier molecular flexibility index (Phi) is 3.96. The van der Waals surface area contributed by atoms with Gasteiger partial charge in [0.05, 0.1) is 18.1 Å². The van der Waals surface area contributed by atoms with E-state index in [2.05, 4.69) is 20.2 Å². The molecule has 22 heavy (non-hydrogen) atoms. The third-order valence-electron chi connectivity index (χ3n) is 3.50. The van der Waals surface area contributed by atoms with E-state index in [4.69, 9.17) is 4.74 Å². The summed E-state index contributed by atoms with van der Waals surface area (Å²) in [7, 11) is 0. The molecule has 1 aliphatic heterocycles.